The molecule has 1 atom stereocenters. The molecule has 2 aliphatic rings. The Bertz CT molecular complexity index is 447. The van der Waals surface area contributed by atoms with Gasteiger partial charge in [-0.15, -0.1) is 0 Å². The van der Waals surface area contributed by atoms with E-state index in [1.165, 1.54) is 18.4 Å². The minimum atomic E-state index is 0.351. The number of aryl methyl sites for hydroxylation is 1. The predicted octanol–water partition coefficient (Wildman–Crippen LogP) is 1.26. The van der Waals surface area contributed by atoms with Crippen molar-refractivity contribution in [2.45, 2.75) is 45.3 Å². The van der Waals surface area contributed by atoms with Crippen LogP contribution in [0.25, 0.3) is 0 Å². The summed E-state index contributed by atoms with van der Waals surface area (Å²) in [5, 5.41) is 3.51. The van der Waals surface area contributed by atoms with Crippen LogP contribution in [-0.2, 0) is 11.3 Å². The van der Waals surface area contributed by atoms with Crippen LogP contribution in [0, 0.1) is 6.92 Å². The monoisotopic (exact) mass is 262 g/mol. The third kappa shape index (κ3) is 3.04. The van der Waals surface area contributed by atoms with Gasteiger partial charge in [0, 0.05) is 36.6 Å². The zero-order chi connectivity index (χ0) is 13.2. The number of nitrogens with one attached hydrogen (secondary N) is 1. The Hall–Kier alpha value is -1.20. The fraction of sp³-hybridized carbons (Fsp3) is 0.714. The molecule has 104 valence electrons. The van der Waals surface area contributed by atoms with Gasteiger partial charge >= 0.3 is 0 Å². The van der Waals surface area contributed by atoms with Gasteiger partial charge in [-0.25, -0.2) is 9.97 Å². The molecule has 3 rings (SSSR count). The van der Waals surface area contributed by atoms with Crippen LogP contribution in [0.5, 0.6) is 0 Å². The SMILES string of the molecule is Cc1nc(N2CCOCC2C)ncc1CNC1CC1. The van der Waals surface area contributed by atoms with Crippen molar-refractivity contribution in [3.63, 3.8) is 0 Å². The molecule has 1 saturated carbocycles. The van der Waals surface area contributed by atoms with E-state index in [-0.39, 0.29) is 0 Å². The Kier molecular flexibility index (Phi) is 3.66. The zero-order valence-electron chi connectivity index (χ0n) is 11.7. The van der Waals surface area contributed by atoms with Gasteiger partial charge in [0.1, 0.15) is 0 Å². The van der Waals surface area contributed by atoms with Gasteiger partial charge in [0.25, 0.3) is 0 Å². The fourth-order valence-corrected chi connectivity index (χ4v) is 2.36. The van der Waals surface area contributed by atoms with Gasteiger partial charge in [0.2, 0.25) is 5.95 Å². The summed E-state index contributed by atoms with van der Waals surface area (Å²) in [6.07, 6.45) is 4.59. The van der Waals surface area contributed by atoms with Crippen LogP contribution in [0.2, 0.25) is 0 Å². The highest BCUT2D eigenvalue weighted by atomic mass is 16.5. The van der Waals surface area contributed by atoms with E-state index in [0.717, 1.165) is 44.0 Å². The number of rotatable bonds is 4. The van der Waals surface area contributed by atoms with Gasteiger partial charge in [-0.3, -0.25) is 0 Å². The number of ether oxygens (including phenoxy) is 1. The standard InChI is InChI=1S/C14H22N4O/c1-10-9-19-6-5-18(10)14-16-8-12(11(2)17-14)7-15-13-3-4-13/h8,10,13,15H,3-7,9H2,1-2H3. The Morgan fingerprint density at radius 3 is 3.00 bits per heavy atom. The summed E-state index contributed by atoms with van der Waals surface area (Å²) < 4.78 is 5.45. The normalized spacial score (nSPS) is 23.7. The number of aromatic nitrogens is 2. The Morgan fingerprint density at radius 1 is 1.47 bits per heavy atom. The molecular formula is C14H22N4O. The molecule has 0 bridgehead atoms. The highest BCUT2D eigenvalue weighted by molar-refractivity contribution is 5.34. The molecule has 0 radical (unpaired) electrons. The second-order valence-corrected chi connectivity index (χ2v) is 5.55. The molecular weight excluding hydrogens is 240 g/mol. The maximum atomic E-state index is 5.45. The first-order valence-electron chi connectivity index (χ1n) is 7.14. The minimum Gasteiger partial charge on any atom is -0.377 e. The highest BCUT2D eigenvalue weighted by Gasteiger charge is 2.23. The van der Waals surface area contributed by atoms with E-state index in [1.807, 2.05) is 6.20 Å². The van der Waals surface area contributed by atoms with E-state index in [4.69, 9.17) is 4.74 Å². The number of hydrogen-bond donors (Lipinski definition) is 1. The van der Waals surface area contributed by atoms with Gasteiger partial charge < -0.3 is 15.0 Å². The molecule has 2 heterocycles. The first-order chi connectivity index (χ1) is 9.24. The van der Waals surface area contributed by atoms with Gasteiger partial charge in [0.15, 0.2) is 0 Å². The van der Waals surface area contributed by atoms with Crippen molar-refractivity contribution in [2.24, 2.45) is 0 Å². The molecule has 0 amide bonds. The van der Waals surface area contributed by atoms with Crippen molar-refractivity contribution in [1.29, 1.82) is 0 Å². The van der Waals surface area contributed by atoms with Crippen LogP contribution in [0.1, 0.15) is 31.0 Å². The van der Waals surface area contributed by atoms with Gasteiger partial charge in [-0.1, -0.05) is 0 Å². The summed E-state index contributed by atoms with van der Waals surface area (Å²) in [4.78, 5) is 11.4. The zero-order valence-corrected chi connectivity index (χ0v) is 11.7. The molecule has 5 nitrogen and oxygen atoms in total. The van der Waals surface area contributed by atoms with Crippen molar-refractivity contribution in [3.05, 3.63) is 17.5 Å². The number of anilines is 1. The summed E-state index contributed by atoms with van der Waals surface area (Å²) in [5.41, 5.74) is 2.29. The molecule has 1 N–H and O–H groups in total. The lowest BCUT2D eigenvalue weighted by Gasteiger charge is -2.33. The Balaban J connectivity index is 1.70. The van der Waals surface area contributed by atoms with Crippen molar-refractivity contribution >= 4 is 5.95 Å². The van der Waals surface area contributed by atoms with Crippen molar-refractivity contribution in [3.8, 4) is 0 Å². The maximum Gasteiger partial charge on any atom is 0.225 e. The van der Waals surface area contributed by atoms with Crippen LogP contribution in [0.3, 0.4) is 0 Å². The van der Waals surface area contributed by atoms with Gasteiger partial charge in [-0.05, 0) is 26.7 Å². The summed E-state index contributed by atoms with van der Waals surface area (Å²) >= 11 is 0. The molecule has 19 heavy (non-hydrogen) atoms. The second-order valence-electron chi connectivity index (χ2n) is 5.55. The first-order valence-corrected chi connectivity index (χ1v) is 7.14. The molecule has 5 heteroatoms. The van der Waals surface area contributed by atoms with Crippen LogP contribution < -0.4 is 10.2 Å². The van der Waals surface area contributed by atoms with Crippen LogP contribution >= 0.6 is 0 Å². The summed E-state index contributed by atoms with van der Waals surface area (Å²) in [7, 11) is 0. The van der Waals surface area contributed by atoms with Crippen molar-refractivity contribution in [2.75, 3.05) is 24.7 Å². The van der Waals surface area contributed by atoms with Gasteiger partial charge in [-0.2, -0.15) is 0 Å². The summed E-state index contributed by atoms with van der Waals surface area (Å²) in [5.74, 6) is 0.837. The van der Waals surface area contributed by atoms with Crippen LogP contribution in [0.15, 0.2) is 6.20 Å². The maximum absolute atomic E-state index is 5.45. The fourth-order valence-electron chi connectivity index (χ4n) is 2.36. The Morgan fingerprint density at radius 2 is 2.32 bits per heavy atom. The molecule has 1 aliphatic heterocycles. The third-order valence-electron chi connectivity index (χ3n) is 3.85. The average Bonchev–Trinajstić information content (AvgIpc) is 3.22. The van der Waals surface area contributed by atoms with Crippen molar-refractivity contribution < 1.29 is 4.74 Å². The smallest absolute Gasteiger partial charge is 0.225 e. The van der Waals surface area contributed by atoms with E-state index in [1.54, 1.807) is 0 Å². The lowest BCUT2D eigenvalue weighted by atomic mass is 10.2. The molecule has 1 saturated heterocycles. The lowest BCUT2D eigenvalue weighted by Crippen LogP contribution is -2.44. The van der Waals surface area contributed by atoms with E-state index in [2.05, 4.69) is 34.0 Å². The summed E-state index contributed by atoms with van der Waals surface area (Å²) in [6.45, 7) is 7.50. The van der Waals surface area contributed by atoms with Crippen LogP contribution in [-0.4, -0.2) is 41.8 Å². The first kappa shape index (κ1) is 12.8. The predicted molar refractivity (Wildman–Crippen MR) is 74.3 cm³/mol. The minimum absolute atomic E-state index is 0.351. The molecule has 1 aromatic heterocycles. The van der Waals surface area contributed by atoms with E-state index in [0.29, 0.717) is 6.04 Å². The molecule has 0 aromatic carbocycles. The van der Waals surface area contributed by atoms with E-state index < -0.39 is 0 Å². The third-order valence-corrected chi connectivity index (χ3v) is 3.85. The topological polar surface area (TPSA) is 50.3 Å². The molecule has 1 aromatic rings. The summed E-state index contributed by atoms with van der Waals surface area (Å²) in [6, 6.07) is 1.07. The number of hydrogen-bond acceptors (Lipinski definition) is 5. The average molecular weight is 262 g/mol. The molecule has 2 fully saturated rings. The molecule has 1 unspecified atom stereocenters. The highest BCUT2D eigenvalue weighted by Crippen LogP contribution is 2.20. The van der Waals surface area contributed by atoms with E-state index in [9.17, 15) is 0 Å². The van der Waals surface area contributed by atoms with Crippen LogP contribution in [0.4, 0.5) is 5.95 Å². The largest absolute Gasteiger partial charge is 0.377 e. The van der Waals surface area contributed by atoms with Gasteiger partial charge in [0.05, 0.1) is 19.3 Å². The quantitative estimate of drug-likeness (QED) is 0.885. The number of nitrogens with zero attached hydrogens (tertiary/aromatic N) is 3. The number of morpholine rings is 1. The molecule has 1 aliphatic carbocycles. The second kappa shape index (κ2) is 5.43. The molecule has 0 spiro atoms. The Labute approximate surface area is 114 Å². The van der Waals surface area contributed by atoms with E-state index >= 15 is 0 Å². The lowest BCUT2D eigenvalue weighted by molar-refractivity contribution is 0.0980. The van der Waals surface area contributed by atoms with Crippen molar-refractivity contribution in [1.82, 2.24) is 15.3 Å².